The summed E-state index contributed by atoms with van der Waals surface area (Å²) in [6, 6.07) is 13.2. The zero-order valence-corrected chi connectivity index (χ0v) is 15.8. The minimum absolute atomic E-state index is 0.196. The van der Waals surface area contributed by atoms with Gasteiger partial charge >= 0.3 is 5.97 Å². The van der Waals surface area contributed by atoms with Gasteiger partial charge in [0.15, 0.2) is 6.10 Å². The Bertz CT molecular complexity index is 899. The smallest absolute Gasteiger partial charge is 0.338 e. The molecule has 1 fully saturated rings. The number of hydrogen-bond acceptors (Lipinski definition) is 5. The van der Waals surface area contributed by atoms with Crippen molar-refractivity contribution in [2.45, 2.75) is 39.2 Å². The molecule has 0 aliphatic carbocycles. The molecule has 1 saturated heterocycles. The Morgan fingerprint density at radius 3 is 2.00 bits per heavy atom. The van der Waals surface area contributed by atoms with E-state index in [9.17, 15) is 19.2 Å². The molecule has 1 aliphatic rings. The monoisotopic (exact) mass is 379 g/mol. The number of amides is 2. The number of nitrogens with zero attached hydrogens (tertiary/aromatic N) is 1. The fourth-order valence-electron chi connectivity index (χ4n) is 3.03. The number of ketones is 1. The van der Waals surface area contributed by atoms with E-state index in [0.717, 1.165) is 16.9 Å². The van der Waals surface area contributed by atoms with Gasteiger partial charge in [0.1, 0.15) is 0 Å². The molecule has 0 aromatic heterocycles. The molecule has 2 aromatic rings. The van der Waals surface area contributed by atoms with Gasteiger partial charge in [0.05, 0.1) is 11.3 Å². The average molecular weight is 379 g/mol. The van der Waals surface area contributed by atoms with Gasteiger partial charge in [-0.2, -0.15) is 0 Å². The van der Waals surface area contributed by atoms with E-state index in [-0.39, 0.29) is 36.0 Å². The molecule has 2 aromatic carbocycles. The highest BCUT2D eigenvalue weighted by Crippen LogP contribution is 2.23. The zero-order chi connectivity index (χ0) is 20.3. The largest absolute Gasteiger partial charge is 0.451 e. The van der Waals surface area contributed by atoms with Crippen LogP contribution in [0.3, 0.4) is 0 Å². The summed E-state index contributed by atoms with van der Waals surface area (Å²) in [7, 11) is 0. The topological polar surface area (TPSA) is 80.8 Å². The van der Waals surface area contributed by atoms with Crippen molar-refractivity contribution in [3.05, 3.63) is 65.2 Å². The molecular weight excluding hydrogens is 358 g/mol. The lowest BCUT2D eigenvalue weighted by atomic mass is 10.0. The third-order valence-corrected chi connectivity index (χ3v) is 4.71. The lowest BCUT2D eigenvalue weighted by Gasteiger charge is -2.15. The highest BCUT2D eigenvalue weighted by atomic mass is 16.5. The highest BCUT2D eigenvalue weighted by Gasteiger charge is 2.30. The first-order chi connectivity index (χ1) is 13.4. The van der Waals surface area contributed by atoms with Crippen molar-refractivity contribution in [2.75, 3.05) is 4.90 Å². The van der Waals surface area contributed by atoms with Gasteiger partial charge in [-0.3, -0.25) is 19.3 Å². The fourth-order valence-corrected chi connectivity index (χ4v) is 3.03. The van der Waals surface area contributed by atoms with Gasteiger partial charge in [-0.15, -0.1) is 0 Å². The first-order valence-corrected chi connectivity index (χ1v) is 9.20. The number of Topliss-reactive ketones (excluding diaryl/α,β-unsaturated/α-hetero) is 1. The third-order valence-electron chi connectivity index (χ3n) is 4.71. The quantitative estimate of drug-likeness (QED) is 0.437. The van der Waals surface area contributed by atoms with Crippen molar-refractivity contribution in [1.29, 1.82) is 0 Å². The molecule has 0 radical (unpaired) electrons. The van der Waals surface area contributed by atoms with E-state index in [2.05, 4.69) is 0 Å². The number of aryl methyl sites for hydroxylation is 1. The SMILES string of the molecule is CCc1ccc(C(=O)C(C)OC(=O)c2ccc(N3C(=O)CCC3=O)cc2)cc1. The van der Waals surface area contributed by atoms with Crippen molar-refractivity contribution < 1.29 is 23.9 Å². The number of benzene rings is 2. The molecule has 0 N–H and O–H groups in total. The Kier molecular flexibility index (Phi) is 5.68. The predicted molar refractivity (Wildman–Crippen MR) is 103 cm³/mol. The van der Waals surface area contributed by atoms with Gasteiger partial charge in [-0.25, -0.2) is 4.79 Å². The summed E-state index contributed by atoms with van der Waals surface area (Å²) < 4.78 is 5.28. The molecule has 3 rings (SSSR count). The number of esters is 1. The summed E-state index contributed by atoms with van der Waals surface area (Å²) in [6.07, 6.45) is 0.341. The van der Waals surface area contributed by atoms with Crippen LogP contribution in [0.15, 0.2) is 48.5 Å². The Labute approximate surface area is 163 Å². The minimum atomic E-state index is -0.929. The summed E-state index contributed by atoms with van der Waals surface area (Å²) in [5, 5.41) is 0. The molecule has 2 amide bonds. The normalized spacial score (nSPS) is 14.9. The number of hydrogen-bond donors (Lipinski definition) is 0. The molecule has 0 spiro atoms. The lowest BCUT2D eigenvalue weighted by molar-refractivity contribution is -0.121. The fraction of sp³-hybridized carbons (Fsp3) is 0.273. The second-order valence-corrected chi connectivity index (χ2v) is 6.63. The minimum Gasteiger partial charge on any atom is -0.451 e. The van der Waals surface area contributed by atoms with Gasteiger partial charge in [0, 0.05) is 18.4 Å². The van der Waals surface area contributed by atoms with Crippen LogP contribution in [-0.2, 0) is 20.7 Å². The van der Waals surface area contributed by atoms with E-state index in [1.165, 1.54) is 31.2 Å². The summed E-state index contributed by atoms with van der Waals surface area (Å²) in [5.41, 5.74) is 2.27. The lowest BCUT2D eigenvalue weighted by Crippen LogP contribution is -2.28. The molecule has 144 valence electrons. The number of carbonyl (C=O) groups is 4. The maximum atomic E-state index is 12.5. The highest BCUT2D eigenvalue weighted by molar-refractivity contribution is 6.19. The van der Waals surface area contributed by atoms with Crippen LogP contribution >= 0.6 is 0 Å². The van der Waals surface area contributed by atoms with Crippen LogP contribution in [0, 0.1) is 0 Å². The molecule has 6 heteroatoms. The van der Waals surface area contributed by atoms with Crippen LogP contribution in [0.25, 0.3) is 0 Å². The number of anilines is 1. The van der Waals surface area contributed by atoms with Crippen molar-refractivity contribution in [3.63, 3.8) is 0 Å². The van der Waals surface area contributed by atoms with E-state index in [1.54, 1.807) is 12.1 Å². The molecule has 1 heterocycles. The second kappa shape index (κ2) is 8.17. The van der Waals surface area contributed by atoms with Crippen LogP contribution in [0.5, 0.6) is 0 Å². The van der Waals surface area contributed by atoms with Gasteiger partial charge in [0.25, 0.3) is 0 Å². The summed E-state index contributed by atoms with van der Waals surface area (Å²) >= 11 is 0. The Balaban J connectivity index is 1.65. The van der Waals surface area contributed by atoms with Crippen molar-refractivity contribution in [2.24, 2.45) is 0 Å². The third kappa shape index (κ3) is 4.01. The molecule has 0 bridgehead atoms. The number of carbonyl (C=O) groups excluding carboxylic acids is 4. The average Bonchev–Trinajstić information content (AvgIpc) is 3.05. The number of imide groups is 1. The van der Waals surface area contributed by atoms with E-state index in [1.807, 2.05) is 19.1 Å². The molecule has 1 aliphatic heterocycles. The van der Waals surface area contributed by atoms with Crippen molar-refractivity contribution in [3.8, 4) is 0 Å². The van der Waals surface area contributed by atoms with E-state index in [0.29, 0.717) is 11.3 Å². The van der Waals surface area contributed by atoms with Gasteiger partial charge in [-0.05, 0) is 43.2 Å². The van der Waals surface area contributed by atoms with Crippen molar-refractivity contribution >= 4 is 29.3 Å². The summed E-state index contributed by atoms with van der Waals surface area (Å²) in [5.74, 6) is -1.43. The molecular formula is C22H21NO5. The van der Waals surface area contributed by atoms with Gasteiger partial charge in [-0.1, -0.05) is 31.2 Å². The summed E-state index contributed by atoms with van der Waals surface area (Å²) in [6.45, 7) is 3.56. The van der Waals surface area contributed by atoms with Crippen LogP contribution in [-0.4, -0.2) is 29.7 Å². The predicted octanol–water partition coefficient (Wildman–Crippen LogP) is 3.33. The van der Waals surface area contributed by atoms with Crippen LogP contribution in [0.1, 0.15) is 53.0 Å². The maximum Gasteiger partial charge on any atom is 0.338 e. The molecule has 1 unspecified atom stereocenters. The van der Waals surface area contributed by atoms with Crippen LogP contribution < -0.4 is 4.90 Å². The van der Waals surface area contributed by atoms with Crippen molar-refractivity contribution in [1.82, 2.24) is 0 Å². The Morgan fingerprint density at radius 2 is 1.46 bits per heavy atom. The molecule has 28 heavy (non-hydrogen) atoms. The number of ether oxygens (including phenoxy) is 1. The molecule has 6 nitrogen and oxygen atoms in total. The molecule has 0 saturated carbocycles. The van der Waals surface area contributed by atoms with E-state index < -0.39 is 12.1 Å². The molecule has 1 atom stereocenters. The van der Waals surface area contributed by atoms with E-state index >= 15 is 0 Å². The first kappa shape index (κ1) is 19.5. The number of rotatable bonds is 6. The Hall–Kier alpha value is -3.28. The van der Waals surface area contributed by atoms with Crippen LogP contribution in [0.2, 0.25) is 0 Å². The summed E-state index contributed by atoms with van der Waals surface area (Å²) in [4.78, 5) is 49.4. The van der Waals surface area contributed by atoms with Gasteiger partial charge in [0.2, 0.25) is 17.6 Å². The zero-order valence-electron chi connectivity index (χ0n) is 15.8. The standard InChI is InChI=1S/C22H21NO5/c1-3-15-4-6-16(7-5-15)21(26)14(2)28-22(27)17-8-10-18(11-9-17)23-19(24)12-13-20(23)25/h4-11,14H,3,12-13H2,1-2H3. The van der Waals surface area contributed by atoms with E-state index in [4.69, 9.17) is 4.74 Å². The van der Waals surface area contributed by atoms with Gasteiger partial charge < -0.3 is 4.74 Å². The maximum absolute atomic E-state index is 12.5. The second-order valence-electron chi connectivity index (χ2n) is 6.63. The van der Waals surface area contributed by atoms with Crippen LogP contribution in [0.4, 0.5) is 5.69 Å². The first-order valence-electron chi connectivity index (χ1n) is 9.20. The Morgan fingerprint density at radius 1 is 0.929 bits per heavy atom.